The summed E-state index contributed by atoms with van der Waals surface area (Å²) in [4.78, 5) is 15.4. The topological polar surface area (TPSA) is 38.1 Å². The van der Waals surface area contributed by atoms with Gasteiger partial charge < -0.3 is 0 Å². The van der Waals surface area contributed by atoms with E-state index in [0.29, 0.717) is 15.8 Å². The average Bonchev–Trinajstić information content (AvgIpc) is 3.38. The molecule has 164 valence electrons. The molecule has 1 aliphatic rings. The number of para-hydroxylation sites is 1. The zero-order chi connectivity index (χ0) is 22.8. The minimum atomic E-state index is -0.0217. The van der Waals surface area contributed by atoms with E-state index < -0.39 is 0 Å². The Morgan fingerprint density at radius 1 is 0.970 bits per heavy atom. The van der Waals surface area contributed by atoms with Gasteiger partial charge in [0, 0.05) is 12.1 Å². The van der Waals surface area contributed by atoms with Crippen LogP contribution in [0, 0.1) is 0 Å². The first-order chi connectivity index (χ1) is 16.1. The summed E-state index contributed by atoms with van der Waals surface area (Å²) >= 11 is 6.85. The van der Waals surface area contributed by atoms with Crippen LogP contribution >= 0.6 is 24.0 Å². The summed E-state index contributed by atoms with van der Waals surface area (Å²) in [5.41, 5.74) is 3.68. The zero-order valence-corrected chi connectivity index (χ0v) is 19.9. The summed E-state index contributed by atoms with van der Waals surface area (Å²) in [6.07, 6.45) is 3.87. The third kappa shape index (κ3) is 4.36. The Balaban J connectivity index is 1.58. The standard InChI is InChI=1S/C27H23N3OS2/c1-2-3-15-29-26(31)25(33-27(29)32)18-23-17-24(28-30(23)22-11-5-4-6-12-22)21-14-13-19-9-7-8-10-20(19)16-21/h4-14,16-18H,2-3,15H2,1H3/b25-18+. The van der Waals surface area contributed by atoms with Crippen LogP contribution in [0.5, 0.6) is 0 Å². The van der Waals surface area contributed by atoms with E-state index in [9.17, 15) is 4.79 Å². The predicted octanol–water partition coefficient (Wildman–Crippen LogP) is 6.69. The Labute approximate surface area is 202 Å². The van der Waals surface area contributed by atoms with Crippen molar-refractivity contribution in [2.75, 3.05) is 6.54 Å². The highest BCUT2D eigenvalue weighted by Gasteiger charge is 2.31. The number of aromatic nitrogens is 2. The van der Waals surface area contributed by atoms with Gasteiger partial charge in [0.05, 0.1) is 22.0 Å². The molecule has 6 heteroatoms. The largest absolute Gasteiger partial charge is 0.293 e. The molecule has 0 bridgehead atoms. The summed E-state index contributed by atoms with van der Waals surface area (Å²) in [5.74, 6) is -0.0217. The molecule has 1 amide bonds. The van der Waals surface area contributed by atoms with Crippen molar-refractivity contribution in [1.29, 1.82) is 0 Å². The number of unbranched alkanes of at least 4 members (excludes halogenated alkanes) is 1. The number of thiocarbonyl (C=S) groups is 1. The normalized spacial score (nSPS) is 15.2. The molecule has 33 heavy (non-hydrogen) atoms. The van der Waals surface area contributed by atoms with E-state index in [4.69, 9.17) is 17.3 Å². The first-order valence-electron chi connectivity index (χ1n) is 11.0. The fourth-order valence-corrected chi connectivity index (χ4v) is 5.20. The van der Waals surface area contributed by atoms with Crippen molar-refractivity contribution in [3.8, 4) is 16.9 Å². The second-order valence-electron chi connectivity index (χ2n) is 7.95. The van der Waals surface area contributed by atoms with Crippen molar-refractivity contribution in [2.24, 2.45) is 0 Å². The van der Waals surface area contributed by atoms with Crippen molar-refractivity contribution < 1.29 is 4.79 Å². The Hall–Kier alpha value is -3.22. The van der Waals surface area contributed by atoms with Gasteiger partial charge in [0.25, 0.3) is 5.91 Å². The number of amides is 1. The number of hydrogen-bond donors (Lipinski definition) is 0. The molecular formula is C27H23N3OS2. The third-order valence-corrected chi connectivity index (χ3v) is 7.05. The molecule has 0 aliphatic carbocycles. The Morgan fingerprint density at radius 2 is 1.73 bits per heavy atom. The molecule has 0 saturated carbocycles. The molecule has 4 nitrogen and oxygen atoms in total. The van der Waals surface area contributed by atoms with E-state index >= 15 is 0 Å². The lowest BCUT2D eigenvalue weighted by molar-refractivity contribution is -0.122. The Morgan fingerprint density at radius 3 is 2.52 bits per heavy atom. The van der Waals surface area contributed by atoms with Crippen molar-refractivity contribution in [2.45, 2.75) is 19.8 Å². The second-order valence-corrected chi connectivity index (χ2v) is 9.63. The number of thioether (sulfide) groups is 1. The highest BCUT2D eigenvalue weighted by atomic mass is 32.2. The van der Waals surface area contributed by atoms with E-state index in [-0.39, 0.29) is 5.91 Å². The van der Waals surface area contributed by atoms with Gasteiger partial charge in [-0.25, -0.2) is 4.68 Å². The number of hydrogen-bond acceptors (Lipinski definition) is 4. The molecule has 1 aromatic heterocycles. The van der Waals surface area contributed by atoms with Gasteiger partial charge in [-0.05, 0) is 47.5 Å². The van der Waals surface area contributed by atoms with Crippen molar-refractivity contribution in [1.82, 2.24) is 14.7 Å². The maximum Gasteiger partial charge on any atom is 0.266 e. The molecule has 4 aromatic rings. The van der Waals surface area contributed by atoms with Crippen molar-refractivity contribution in [3.63, 3.8) is 0 Å². The van der Waals surface area contributed by atoms with E-state index in [1.807, 2.05) is 59.3 Å². The number of rotatable bonds is 6. The Bertz CT molecular complexity index is 1370. The lowest BCUT2D eigenvalue weighted by atomic mass is 10.1. The summed E-state index contributed by atoms with van der Waals surface area (Å²) in [5, 5.41) is 7.28. The quantitative estimate of drug-likeness (QED) is 0.233. The van der Waals surface area contributed by atoms with Gasteiger partial charge in [-0.2, -0.15) is 5.10 Å². The minimum Gasteiger partial charge on any atom is -0.293 e. The number of nitrogens with zero attached hydrogens (tertiary/aromatic N) is 3. The molecule has 1 saturated heterocycles. The molecule has 2 heterocycles. The monoisotopic (exact) mass is 469 g/mol. The summed E-state index contributed by atoms with van der Waals surface area (Å²) in [7, 11) is 0. The molecule has 0 radical (unpaired) electrons. The van der Waals surface area contributed by atoms with Crippen LogP contribution in [0.15, 0.2) is 83.8 Å². The first-order valence-corrected chi connectivity index (χ1v) is 12.3. The number of carbonyl (C=O) groups excluding carboxylic acids is 1. The van der Waals surface area contributed by atoms with Crippen molar-refractivity contribution in [3.05, 3.63) is 89.5 Å². The van der Waals surface area contributed by atoms with E-state index in [1.54, 1.807) is 4.90 Å². The van der Waals surface area contributed by atoms with Gasteiger partial charge in [0.15, 0.2) is 0 Å². The molecule has 0 unspecified atom stereocenters. The number of benzene rings is 3. The lowest BCUT2D eigenvalue weighted by Crippen LogP contribution is -2.28. The zero-order valence-electron chi connectivity index (χ0n) is 18.3. The smallest absolute Gasteiger partial charge is 0.266 e. The van der Waals surface area contributed by atoms with Crippen LogP contribution in [-0.4, -0.2) is 31.5 Å². The van der Waals surface area contributed by atoms with Crippen LogP contribution in [0.3, 0.4) is 0 Å². The summed E-state index contributed by atoms with van der Waals surface area (Å²) < 4.78 is 2.52. The van der Waals surface area contributed by atoms with Crippen LogP contribution in [-0.2, 0) is 4.79 Å². The highest BCUT2D eigenvalue weighted by Crippen LogP contribution is 2.34. The summed E-state index contributed by atoms with van der Waals surface area (Å²) in [6.45, 7) is 2.78. The van der Waals surface area contributed by atoms with Gasteiger partial charge >= 0.3 is 0 Å². The van der Waals surface area contributed by atoms with Crippen LogP contribution in [0.1, 0.15) is 25.5 Å². The Kier molecular flexibility index (Phi) is 6.11. The number of fused-ring (bicyclic) bond motifs is 1. The fraction of sp³-hybridized carbons (Fsp3) is 0.148. The first kappa shape index (κ1) is 21.6. The number of carbonyl (C=O) groups is 1. The maximum absolute atomic E-state index is 13.0. The second kappa shape index (κ2) is 9.33. The van der Waals surface area contributed by atoms with E-state index in [1.165, 1.54) is 22.5 Å². The molecule has 0 atom stereocenters. The third-order valence-electron chi connectivity index (χ3n) is 5.67. The van der Waals surface area contributed by atoms with Crippen LogP contribution < -0.4 is 0 Å². The molecular weight excluding hydrogens is 446 g/mol. The minimum absolute atomic E-state index is 0.0217. The highest BCUT2D eigenvalue weighted by molar-refractivity contribution is 8.26. The average molecular weight is 470 g/mol. The molecule has 0 spiro atoms. The van der Waals surface area contributed by atoms with Crippen LogP contribution in [0.2, 0.25) is 0 Å². The molecule has 0 N–H and O–H groups in total. The van der Waals surface area contributed by atoms with E-state index in [2.05, 4.69) is 37.3 Å². The van der Waals surface area contributed by atoms with Gasteiger partial charge in [-0.3, -0.25) is 9.69 Å². The van der Waals surface area contributed by atoms with Crippen molar-refractivity contribution >= 4 is 51.1 Å². The molecule has 1 aliphatic heterocycles. The van der Waals surface area contributed by atoms with Gasteiger partial charge in [0.2, 0.25) is 0 Å². The predicted molar refractivity (Wildman–Crippen MR) is 141 cm³/mol. The van der Waals surface area contributed by atoms with Crippen LogP contribution in [0.25, 0.3) is 33.8 Å². The molecule has 5 rings (SSSR count). The SMILES string of the molecule is CCCCN1C(=O)/C(=C\c2cc(-c3ccc4ccccc4c3)nn2-c2ccccc2)SC1=S. The van der Waals surface area contributed by atoms with E-state index in [0.717, 1.165) is 35.5 Å². The maximum atomic E-state index is 13.0. The van der Waals surface area contributed by atoms with Crippen LogP contribution in [0.4, 0.5) is 0 Å². The van der Waals surface area contributed by atoms with Gasteiger partial charge in [-0.1, -0.05) is 91.9 Å². The molecule has 1 fully saturated rings. The fourth-order valence-electron chi connectivity index (χ4n) is 3.91. The lowest BCUT2D eigenvalue weighted by Gasteiger charge is -2.13. The van der Waals surface area contributed by atoms with Gasteiger partial charge in [-0.15, -0.1) is 0 Å². The summed E-state index contributed by atoms with van der Waals surface area (Å²) in [6, 6.07) is 26.7. The van der Waals surface area contributed by atoms with Gasteiger partial charge in [0.1, 0.15) is 4.32 Å². The molecule has 3 aromatic carbocycles.